The van der Waals surface area contributed by atoms with Crippen molar-refractivity contribution in [3.05, 3.63) is 48.6 Å². The molecule has 0 saturated carbocycles. The Hall–Kier alpha value is 0.102. The SMILES string of the molecule is CCCCCCCC/C=C\CCCCCCCCOP(=O)([O-])OCCCCCCCC/C=C\CCCCCCCC.CCCCCCCC/C=C\CCCCCCCCOP(=O)([O-])OCCCCCCCC/C=C\CCCCCCCC.[Cd+2]. The average molecular weight is 1310 g/mol. The topological polar surface area (TPSA) is 117 Å². The first-order valence-electron chi connectivity index (χ1n) is 36.0. The van der Waals surface area contributed by atoms with Crippen LogP contribution in [0.5, 0.6) is 0 Å². The summed E-state index contributed by atoms with van der Waals surface area (Å²) < 4.78 is 44.0. The van der Waals surface area contributed by atoms with Gasteiger partial charge in [0.25, 0.3) is 15.6 Å². The van der Waals surface area contributed by atoms with Crippen LogP contribution in [-0.4, -0.2) is 26.4 Å². The molecular formula is C72H140CdO8P2. The molecule has 488 valence electrons. The molecular weight excluding hydrogens is 1170 g/mol. The summed E-state index contributed by atoms with van der Waals surface area (Å²) in [6.45, 7) is 10.0. The minimum atomic E-state index is -4.14. The van der Waals surface area contributed by atoms with E-state index in [4.69, 9.17) is 18.1 Å². The van der Waals surface area contributed by atoms with Crippen molar-refractivity contribution in [2.24, 2.45) is 0 Å². The summed E-state index contributed by atoms with van der Waals surface area (Å²) in [5.41, 5.74) is 0. The fourth-order valence-electron chi connectivity index (χ4n) is 10.2. The summed E-state index contributed by atoms with van der Waals surface area (Å²) in [5, 5.41) is 0. The van der Waals surface area contributed by atoms with Gasteiger partial charge < -0.3 is 27.9 Å². The van der Waals surface area contributed by atoms with Crippen LogP contribution in [0.2, 0.25) is 0 Å². The van der Waals surface area contributed by atoms with E-state index in [0.717, 1.165) is 77.0 Å². The van der Waals surface area contributed by atoms with E-state index in [-0.39, 0.29) is 53.7 Å². The molecule has 0 aromatic carbocycles. The van der Waals surface area contributed by atoms with Crippen molar-refractivity contribution in [3.8, 4) is 0 Å². The summed E-state index contributed by atoms with van der Waals surface area (Å²) in [7, 11) is -8.27. The minimum absolute atomic E-state index is 0. The molecule has 0 saturated heterocycles. The van der Waals surface area contributed by atoms with Crippen LogP contribution >= 0.6 is 15.6 Å². The molecule has 0 aromatic rings. The Kier molecular flexibility index (Phi) is 80.3. The Labute approximate surface area is 538 Å². The van der Waals surface area contributed by atoms with Crippen LogP contribution in [0.4, 0.5) is 0 Å². The fourth-order valence-corrected chi connectivity index (χ4v) is 11.7. The second kappa shape index (κ2) is 76.3. The first-order valence-corrected chi connectivity index (χ1v) is 39.0. The van der Waals surface area contributed by atoms with Crippen molar-refractivity contribution in [3.63, 3.8) is 0 Å². The predicted molar refractivity (Wildman–Crippen MR) is 357 cm³/mol. The summed E-state index contributed by atoms with van der Waals surface area (Å²) in [5.74, 6) is 0. The molecule has 0 aliphatic rings. The van der Waals surface area contributed by atoms with Crippen molar-refractivity contribution in [2.75, 3.05) is 26.4 Å². The molecule has 8 nitrogen and oxygen atoms in total. The van der Waals surface area contributed by atoms with E-state index < -0.39 is 15.6 Å². The molecule has 0 N–H and O–H groups in total. The molecule has 0 fully saturated rings. The third kappa shape index (κ3) is 82.1. The maximum atomic E-state index is 11.9. The first kappa shape index (κ1) is 87.3. The molecule has 0 atom stereocenters. The van der Waals surface area contributed by atoms with Gasteiger partial charge in [0.2, 0.25) is 0 Å². The van der Waals surface area contributed by atoms with Gasteiger partial charge in [-0.25, -0.2) is 0 Å². The molecule has 0 rings (SSSR count). The van der Waals surface area contributed by atoms with Gasteiger partial charge in [0.15, 0.2) is 0 Å². The van der Waals surface area contributed by atoms with E-state index in [1.165, 1.54) is 283 Å². The fraction of sp³-hybridized carbons (Fsp3) is 0.889. The predicted octanol–water partition coefficient (Wildman–Crippen LogP) is 25.1. The van der Waals surface area contributed by atoms with Gasteiger partial charge in [-0.15, -0.1) is 0 Å². The first-order chi connectivity index (χ1) is 40.2. The summed E-state index contributed by atoms with van der Waals surface area (Å²) in [4.78, 5) is 23.8. The molecule has 0 amide bonds. The quantitative estimate of drug-likeness (QED) is 0.0256. The number of phosphoric acid groups is 2. The van der Waals surface area contributed by atoms with Gasteiger partial charge in [-0.1, -0.05) is 307 Å². The van der Waals surface area contributed by atoms with Gasteiger partial charge in [0.05, 0.1) is 26.4 Å². The Morgan fingerprint density at radius 1 is 0.217 bits per heavy atom. The molecule has 0 aliphatic carbocycles. The van der Waals surface area contributed by atoms with Gasteiger partial charge in [0, 0.05) is 0 Å². The number of unbranched alkanes of at least 4 members (excludes halogenated alkanes) is 48. The van der Waals surface area contributed by atoms with Crippen molar-refractivity contribution in [2.45, 2.75) is 387 Å². The van der Waals surface area contributed by atoms with E-state index in [0.29, 0.717) is 0 Å². The van der Waals surface area contributed by atoms with Crippen molar-refractivity contribution >= 4 is 15.6 Å². The largest absolute Gasteiger partial charge is 2.00 e. The molecule has 0 unspecified atom stereocenters. The zero-order valence-electron chi connectivity index (χ0n) is 55.9. The molecule has 83 heavy (non-hydrogen) atoms. The van der Waals surface area contributed by atoms with Crippen LogP contribution in [-0.2, 0) is 54.5 Å². The molecule has 0 aliphatic heterocycles. The third-order valence-electron chi connectivity index (χ3n) is 15.6. The minimum Gasteiger partial charge on any atom is -0.756 e. The van der Waals surface area contributed by atoms with E-state index in [9.17, 15) is 18.9 Å². The Morgan fingerprint density at radius 3 is 0.482 bits per heavy atom. The van der Waals surface area contributed by atoms with E-state index in [1.54, 1.807) is 0 Å². The summed E-state index contributed by atoms with van der Waals surface area (Å²) >= 11 is 0. The summed E-state index contributed by atoms with van der Waals surface area (Å²) in [6.07, 6.45) is 88.0. The Morgan fingerprint density at radius 2 is 0.337 bits per heavy atom. The van der Waals surface area contributed by atoms with Gasteiger partial charge in [-0.05, 0) is 128 Å². The van der Waals surface area contributed by atoms with Gasteiger partial charge in [-0.3, -0.25) is 9.13 Å². The maximum absolute atomic E-state index is 11.9. The van der Waals surface area contributed by atoms with Crippen LogP contribution in [0.25, 0.3) is 0 Å². The number of hydrogen-bond acceptors (Lipinski definition) is 8. The van der Waals surface area contributed by atoms with Gasteiger partial charge in [-0.2, -0.15) is 0 Å². The van der Waals surface area contributed by atoms with Crippen LogP contribution < -0.4 is 9.79 Å². The Bertz CT molecular complexity index is 1220. The zero-order chi connectivity index (χ0) is 59.9. The number of hydrogen-bond donors (Lipinski definition) is 0. The van der Waals surface area contributed by atoms with E-state index in [2.05, 4.69) is 76.3 Å². The number of rotatable bonds is 68. The standard InChI is InChI=1S/2C36H71O4P.Cd/c2*1-3-5-7-9-11-13-15-17-19-21-23-25-27-29-31-33-35-39-41(37,38)40-36-34-32-30-28-26-24-22-20-18-16-14-12-10-8-6-4-2;/h2*17-20H,3-16,21-36H2,1-2H3,(H,37,38);/q;;+2/p-2/b2*19-17-,20-18-;. The van der Waals surface area contributed by atoms with E-state index >= 15 is 0 Å². The summed E-state index contributed by atoms with van der Waals surface area (Å²) in [6, 6.07) is 0. The van der Waals surface area contributed by atoms with E-state index in [1.807, 2.05) is 0 Å². The maximum Gasteiger partial charge on any atom is 2.00 e. The molecule has 11 heteroatoms. The molecule has 0 spiro atoms. The number of allylic oxidation sites excluding steroid dienone is 8. The normalized spacial score (nSPS) is 12.2. The second-order valence-corrected chi connectivity index (χ2v) is 26.8. The Balaban J connectivity index is -0.00000152. The van der Waals surface area contributed by atoms with Gasteiger partial charge in [0.1, 0.15) is 0 Å². The van der Waals surface area contributed by atoms with Crippen molar-refractivity contribution in [1.82, 2.24) is 0 Å². The van der Waals surface area contributed by atoms with Crippen molar-refractivity contribution < 1.29 is 64.3 Å². The van der Waals surface area contributed by atoms with Gasteiger partial charge >= 0.3 is 27.3 Å². The molecule has 0 radical (unpaired) electrons. The molecule has 0 heterocycles. The van der Waals surface area contributed by atoms with Crippen LogP contribution in [0, 0.1) is 0 Å². The third-order valence-corrected chi connectivity index (χ3v) is 17.6. The monoisotopic (exact) mass is 1310 g/mol. The molecule has 0 aromatic heterocycles. The van der Waals surface area contributed by atoms with Crippen LogP contribution in [0.1, 0.15) is 387 Å². The molecule has 0 bridgehead atoms. The average Bonchev–Trinajstić information content (AvgIpc) is 3.46. The van der Waals surface area contributed by atoms with Crippen molar-refractivity contribution in [1.29, 1.82) is 0 Å². The van der Waals surface area contributed by atoms with Crippen LogP contribution in [0.15, 0.2) is 48.6 Å². The van der Waals surface area contributed by atoms with Crippen LogP contribution in [0.3, 0.4) is 0 Å². The second-order valence-electron chi connectivity index (χ2n) is 24.0. The number of phosphoric ester groups is 2. The smallest absolute Gasteiger partial charge is 0.756 e. The zero-order valence-corrected chi connectivity index (χ0v) is 61.7.